The normalized spacial score (nSPS) is 12.5. The van der Waals surface area contributed by atoms with Gasteiger partial charge in [0.1, 0.15) is 11.6 Å². The van der Waals surface area contributed by atoms with E-state index in [1.807, 2.05) is 31.2 Å². The van der Waals surface area contributed by atoms with Gasteiger partial charge in [0.05, 0.1) is 6.04 Å². The molecule has 0 radical (unpaired) electrons. The highest BCUT2D eigenvalue weighted by Gasteiger charge is 2.14. The summed E-state index contributed by atoms with van der Waals surface area (Å²) >= 11 is 0. The zero-order valence-corrected chi connectivity index (χ0v) is 12.9. The van der Waals surface area contributed by atoms with E-state index in [-0.39, 0.29) is 17.7 Å². The third kappa shape index (κ3) is 3.60. The summed E-state index contributed by atoms with van der Waals surface area (Å²) in [6, 6.07) is 10.2. The van der Waals surface area contributed by atoms with Gasteiger partial charge in [-0.3, -0.25) is 0 Å². The first-order valence-corrected chi connectivity index (χ1v) is 7.20. The topological polar surface area (TPSA) is 12.0 Å². The number of hydrogen-bond acceptors (Lipinski definition) is 1. The van der Waals surface area contributed by atoms with E-state index in [0.717, 1.165) is 5.69 Å². The third-order valence-corrected chi connectivity index (χ3v) is 3.70. The summed E-state index contributed by atoms with van der Waals surface area (Å²) < 4.78 is 27.6. The molecule has 0 amide bonds. The molecular formula is C18H21F2N. The van der Waals surface area contributed by atoms with E-state index in [9.17, 15) is 8.78 Å². The van der Waals surface area contributed by atoms with E-state index in [4.69, 9.17) is 0 Å². The molecule has 2 aromatic rings. The molecule has 1 atom stereocenters. The molecule has 0 saturated carbocycles. The summed E-state index contributed by atoms with van der Waals surface area (Å²) in [4.78, 5) is 0. The van der Waals surface area contributed by atoms with Crippen LogP contribution in [0, 0.1) is 18.6 Å². The van der Waals surface area contributed by atoms with Crippen molar-refractivity contribution in [2.45, 2.75) is 39.7 Å². The van der Waals surface area contributed by atoms with Crippen molar-refractivity contribution >= 4 is 5.69 Å². The monoisotopic (exact) mass is 289 g/mol. The molecule has 0 saturated heterocycles. The molecule has 0 fully saturated rings. The fraction of sp³-hybridized carbons (Fsp3) is 0.333. The van der Waals surface area contributed by atoms with E-state index in [1.165, 1.54) is 17.7 Å². The Kier molecular flexibility index (Phi) is 4.61. The fourth-order valence-electron chi connectivity index (χ4n) is 2.29. The van der Waals surface area contributed by atoms with Gasteiger partial charge in [0, 0.05) is 11.3 Å². The summed E-state index contributed by atoms with van der Waals surface area (Å²) in [6.45, 7) is 7.65. The Labute approximate surface area is 125 Å². The van der Waals surface area contributed by atoms with Crippen molar-refractivity contribution in [2.24, 2.45) is 0 Å². The first-order chi connectivity index (χ1) is 9.88. The number of hydrogen-bond donors (Lipinski definition) is 1. The fourth-order valence-corrected chi connectivity index (χ4v) is 2.29. The maximum absolute atomic E-state index is 13.9. The van der Waals surface area contributed by atoms with Gasteiger partial charge in [-0.25, -0.2) is 8.78 Å². The van der Waals surface area contributed by atoms with E-state index in [2.05, 4.69) is 19.2 Å². The van der Waals surface area contributed by atoms with Gasteiger partial charge in [0.2, 0.25) is 0 Å². The van der Waals surface area contributed by atoms with Crippen LogP contribution in [-0.2, 0) is 0 Å². The van der Waals surface area contributed by atoms with Crippen molar-refractivity contribution in [2.75, 3.05) is 5.32 Å². The molecule has 0 heterocycles. The van der Waals surface area contributed by atoms with Crippen LogP contribution in [0.2, 0.25) is 0 Å². The minimum Gasteiger partial charge on any atom is -0.378 e. The van der Waals surface area contributed by atoms with Gasteiger partial charge in [0.25, 0.3) is 0 Å². The first kappa shape index (κ1) is 15.5. The average molecular weight is 289 g/mol. The Bertz CT molecular complexity index is 618. The molecule has 21 heavy (non-hydrogen) atoms. The molecular weight excluding hydrogens is 268 g/mol. The van der Waals surface area contributed by atoms with Crippen LogP contribution in [0.1, 0.15) is 49.4 Å². The highest BCUT2D eigenvalue weighted by Crippen LogP contribution is 2.25. The first-order valence-electron chi connectivity index (χ1n) is 7.20. The number of rotatable bonds is 4. The van der Waals surface area contributed by atoms with Gasteiger partial charge in [-0.15, -0.1) is 0 Å². The van der Waals surface area contributed by atoms with E-state index in [1.54, 1.807) is 6.92 Å². The average Bonchev–Trinajstić information content (AvgIpc) is 2.43. The minimum atomic E-state index is -0.382. The second-order valence-electron chi connectivity index (χ2n) is 5.77. The lowest BCUT2D eigenvalue weighted by molar-refractivity contribution is 0.571. The molecule has 0 aliphatic heterocycles. The zero-order chi connectivity index (χ0) is 15.6. The Balaban J connectivity index is 2.17. The summed E-state index contributed by atoms with van der Waals surface area (Å²) in [5.74, 6) is -0.289. The van der Waals surface area contributed by atoms with Gasteiger partial charge >= 0.3 is 0 Å². The molecule has 0 bridgehead atoms. The maximum atomic E-state index is 13.9. The number of halogens is 2. The highest BCUT2D eigenvalue weighted by molar-refractivity contribution is 5.47. The lowest BCUT2D eigenvalue weighted by Crippen LogP contribution is -2.09. The summed E-state index contributed by atoms with van der Waals surface area (Å²) in [6.07, 6.45) is 0. The lowest BCUT2D eigenvalue weighted by Gasteiger charge is -2.18. The molecule has 0 aromatic heterocycles. The van der Waals surface area contributed by atoms with Crippen molar-refractivity contribution in [1.82, 2.24) is 0 Å². The van der Waals surface area contributed by atoms with Gasteiger partial charge in [-0.2, -0.15) is 0 Å². The van der Waals surface area contributed by atoms with Crippen LogP contribution in [0.4, 0.5) is 14.5 Å². The van der Waals surface area contributed by atoms with E-state index < -0.39 is 0 Å². The Morgan fingerprint density at radius 3 is 2.10 bits per heavy atom. The summed E-state index contributed by atoms with van der Waals surface area (Å²) in [7, 11) is 0. The SMILES string of the molecule is Cc1cc(F)c(C(C)Nc2ccc(C(C)C)cc2)cc1F. The number of nitrogens with one attached hydrogen (secondary N) is 1. The Hall–Kier alpha value is -1.90. The molecule has 0 spiro atoms. The van der Waals surface area contributed by atoms with Crippen LogP contribution < -0.4 is 5.32 Å². The van der Waals surface area contributed by atoms with Crippen LogP contribution in [0.3, 0.4) is 0 Å². The van der Waals surface area contributed by atoms with Crippen LogP contribution in [0.25, 0.3) is 0 Å². The van der Waals surface area contributed by atoms with Crippen molar-refractivity contribution in [3.63, 3.8) is 0 Å². The minimum absolute atomic E-state index is 0.301. The molecule has 0 aliphatic rings. The summed E-state index contributed by atoms with van der Waals surface area (Å²) in [5, 5.41) is 3.21. The van der Waals surface area contributed by atoms with Gasteiger partial charge in [0.15, 0.2) is 0 Å². The van der Waals surface area contributed by atoms with Crippen LogP contribution in [-0.4, -0.2) is 0 Å². The van der Waals surface area contributed by atoms with Crippen LogP contribution in [0.5, 0.6) is 0 Å². The molecule has 2 rings (SSSR count). The van der Waals surface area contributed by atoms with E-state index in [0.29, 0.717) is 17.0 Å². The number of aryl methyl sites for hydroxylation is 1. The second kappa shape index (κ2) is 6.25. The van der Waals surface area contributed by atoms with Crippen molar-refractivity contribution in [3.8, 4) is 0 Å². The zero-order valence-electron chi connectivity index (χ0n) is 12.9. The van der Waals surface area contributed by atoms with Crippen molar-refractivity contribution < 1.29 is 8.78 Å². The lowest BCUT2D eigenvalue weighted by atomic mass is 10.0. The molecule has 0 aliphatic carbocycles. The molecule has 1 N–H and O–H groups in total. The van der Waals surface area contributed by atoms with Crippen molar-refractivity contribution in [1.29, 1.82) is 0 Å². The predicted octanol–water partition coefficient (Wildman–Crippen LogP) is 5.57. The Morgan fingerprint density at radius 2 is 1.52 bits per heavy atom. The molecule has 1 nitrogen and oxygen atoms in total. The molecule has 3 heteroatoms. The highest BCUT2D eigenvalue weighted by atomic mass is 19.1. The number of anilines is 1. The largest absolute Gasteiger partial charge is 0.378 e. The third-order valence-electron chi connectivity index (χ3n) is 3.70. The van der Waals surface area contributed by atoms with Gasteiger partial charge in [-0.1, -0.05) is 26.0 Å². The van der Waals surface area contributed by atoms with Gasteiger partial charge < -0.3 is 5.32 Å². The molecule has 112 valence electrons. The second-order valence-corrected chi connectivity index (χ2v) is 5.77. The van der Waals surface area contributed by atoms with Gasteiger partial charge in [-0.05, 0) is 55.2 Å². The quantitative estimate of drug-likeness (QED) is 0.776. The molecule has 2 aromatic carbocycles. The summed E-state index contributed by atoms with van der Waals surface area (Å²) in [5.41, 5.74) is 2.81. The van der Waals surface area contributed by atoms with E-state index >= 15 is 0 Å². The van der Waals surface area contributed by atoms with Crippen molar-refractivity contribution in [3.05, 3.63) is 64.7 Å². The maximum Gasteiger partial charge on any atom is 0.128 e. The standard InChI is InChI=1S/C18H21F2N/c1-11(2)14-5-7-15(8-6-14)21-13(4)16-10-17(19)12(3)9-18(16)20/h5-11,13,21H,1-4H3. The predicted molar refractivity (Wildman–Crippen MR) is 83.7 cm³/mol. The Morgan fingerprint density at radius 1 is 0.905 bits per heavy atom. The van der Waals surface area contributed by atoms with Crippen LogP contribution in [0.15, 0.2) is 36.4 Å². The smallest absolute Gasteiger partial charge is 0.128 e. The van der Waals surface area contributed by atoms with Crippen LogP contribution >= 0.6 is 0 Å². The molecule has 1 unspecified atom stereocenters. The number of benzene rings is 2.